The van der Waals surface area contributed by atoms with Gasteiger partial charge in [-0.3, -0.25) is 14.9 Å². The average molecular weight is 264 g/mol. The van der Waals surface area contributed by atoms with E-state index in [2.05, 4.69) is 4.74 Å². The van der Waals surface area contributed by atoms with Crippen molar-refractivity contribution in [3.63, 3.8) is 0 Å². The number of ether oxygens (including phenoxy) is 1. The van der Waals surface area contributed by atoms with E-state index in [1.807, 2.05) is 0 Å². The first-order chi connectivity index (χ1) is 7.45. The summed E-state index contributed by atoms with van der Waals surface area (Å²) in [6.45, 7) is 0. The summed E-state index contributed by atoms with van der Waals surface area (Å²) >= 11 is 11.4. The number of benzene rings is 1. The number of carbonyl (C=O) groups is 1. The predicted octanol–water partition coefficient (Wildman–Crippen LogP) is 2.62. The lowest BCUT2D eigenvalue weighted by molar-refractivity contribution is -0.384. The maximum absolute atomic E-state index is 11.0. The number of esters is 1. The summed E-state index contributed by atoms with van der Waals surface area (Å²) in [6, 6.07) is 2.64. The SMILES string of the molecule is COC(=O)Cc1cc(Cl)c([N+](=O)[O-])c(Cl)c1. The molecule has 0 amide bonds. The first kappa shape index (κ1) is 12.7. The Morgan fingerprint density at radius 3 is 2.31 bits per heavy atom. The van der Waals surface area contributed by atoms with Crippen LogP contribution < -0.4 is 0 Å². The van der Waals surface area contributed by atoms with Crippen LogP contribution in [0.4, 0.5) is 5.69 Å². The van der Waals surface area contributed by atoms with Crippen molar-refractivity contribution in [2.24, 2.45) is 0 Å². The van der Waals surface area contributed by atoms with Crippen LogP contribution in [0.15, 0.2) is 12.1 Å². The molecule has 0 aliphatic carbocycles. The van der Waals surface area contributed by atoms with Gasteiger partial charge in [-0.1, -0.05) is 23.2 Å². The van der Waals surface area contributed by atoms with Gasteiger partial charge in [0.1, 0.15) is 10.0 Å². The zero-order valence-corrected chi connectivity index (χ0v) is 9.71. The number of hydrogen-bond donors (Lipinski definition) is 0. The molecule has 0 saturated heterocycles. The highest BCUT2D eigenvalue weighted by Crippen LogP contribution is 2.33. The number of halogens is 2. The van der Waals surface area contributed by atoms with Crippen LogP contribution in [-0.4, -0.2) is 18.0 Å². The molecule has 0 N–H and O–H groups in total. The summed E-state index contributed by atoms with van der Waals surface area (Å²) in [5, 5.41) is 10.4. The molecule has 1 aromatic carbocycles. The van der Waals surface area contributed by atoms with Crippen LogP contribution in [0.1, 0.15) is 5.56 Å². The molecule has 0 heterocycles. The number of nitro groups is 1. The van der Waals surface area contributed by atoms with E-state index in [4.69, 9.17) is 23.2 Å². The molecule has 86 valence electrons. The lowest BCUT2D eigenvalue weighted by atomic mass is 10.1. The molecule has 0 saturated carbocycles. The summed E-state index contributed by atoms with van der Waals surface area (Å²) in [4.78, 5) is 20.9. The Hall–Kier alpha value is -1.33. The minimum Gasteiger partial charge on any atom is -0.469 e. The summed E-state index contributed by atoms with van der Waals surface area (Å²) in [5.41, 5.74) is 0.101. The molecule has 0 atom stereocenters. The topological polar surface area (TPSA) is 69.4 Å². The minimum absolute atomic E-state index is 0.0338. The van der Waals surface area contributed by atoms with E-state index in [1.54, 1.807) is 0 Å². The molecule has 0 bridgehead atoms. The number of carbonyl (C=O) groups excluding carboxylic acids is 1. The third kappa shape index (κ3) is 2.84. The van der Waals surface area contributed by atoms with Crippen LogP contribution in [0.3, 0.4) is 0 Å². The van der Waals surface area contributed by atoms with Crippen molar-refractivity contribution < 1.29 is 14.5 Å². The first-order valence-corrected chi connectivity index (χ1v) is 4.90. The van der Waals surface area contributed by atoms with Gasteiger partial charge in [0.25, 0.3) is 0 Å². The van der Waals surface area contributed by atoms with Gasteiger partial charge in [-0.25, -0.2) is 0 Å². The van der Waals surface area contributed by atoms with Gasteiger partial charge in [-0.15, -0.1) is 0 Å². The Morgan fingerprint density at radius 1 is 1.44 bits per heavy atom. The molecule has 0 aliphatic rings. The number of nitro benzene ring substituents is 1. The lowest BCUT2D eigenvalue weighted by Crippen LogP contribution is -2.04. The van der Waals surface area contributed by atoms with Crippen molar-refractivity contribution in [1.82, 2.24) is 0 Å². The summed E-state index contributed by atoms with van der Waals surface area (Å²) in [7, 11) is 1.25. The van der Waals surface area contributed by atoms with E-state index < -0.39 is 10.9 Å². The molecule has 0 aliphatic heterocycles. The average Bonchev–Trinajstić information content (AvgIpc) is 2.15. The maximum atomic E-state index is 11.0. The summed E-state index contributed by atoms with van der Waals surface area (Å²) in [6.07, 6.45) is -0.0338. The van der Waals surface area contributed by atoms with E-state index >= 15 is 0 Å². The molecule has 1 rings (SSSR count). The predicted molar refractivity (Wildman–Crippen MR) is 58.8 cm³/mol. The van der Waals surface area contributed by atoms with Gasteiger partial charge >= 0.3 is 11.7 Å². The first-order valence-electron chi connectivity index (χ1n) is 4.15. The second-order valence-corrected chi connectivity index (χ2v) is 3.73. The van der Waals surface area contributed by atoms with Gasteiger partial charge in [0.15, 0.2) is 0 Å². The molecule has 7 heteroatoms. The number of nitrogens with zero attached hydrogens (tertiary/aromatic N) is 1. The Labute approximate surface area is 101 Å². The van der Waals surface area contributed by atoms with E-state index in [1.165, 1.54) is 19.2 Å². The second-order valence-electron chi connectivity index (χ2n) is 2.92. The molecule has 0 spiro atoms. The van der Waals surface area contributed by atoms with Crippen molar-refractivity contribution in [3.05, 3.63) is 37.9 Å². The smallest absolute Gasteiger partial charge is 0.309 e. The number of methoxy groups -OCH3 is 1. The highest BCUT2D eigenvalue weighted by Gasteiger charge is 2.19. The molecule has 0 aromatic heterocycles. The van der Waals surface area contributed by atoms with Crippen LogP contribution >= 0.6 is 23.2 Å². The molecule has 0 fully saturated rings. The second kappa shape index (κ2) is 5.14. The van der Waals surface area contributed by atoms with Crippen LogP contribution in [0.25, 0.3) is 0 Å². The monoisotopic (exact) mass is 263 g/mol. The van der Waals surface area contributed by atoms with E-state index in [9.17, 15) is 14.9 Å². The Morgan fingerprint density at radius 2 is 1.94 bits per heavy atom. The standard InChI is InChI=1S/C9H7Cl2NO4/c1-16-8(13)4-5-2-6(10)9(12(14)15)7(11)3-5/h2-3H,4H2,1H3. The fourth-order valence-corrected chi connectivity index (χ4v) is 1.80. The van der Waals surface area contributed by atoms with E-state index in [0.717, 1.165) is 0 Å². The van der Waals surface area contributed by atoms with Crippen LogP contribution in [0, 0.1) is 10.1 Å². The van der Waals surface area contributed by atoms with Gasteiger partial charge < -0.3 is 4.74 Å². The molecule has 16 heavy (non-hydrogen) atoms. The van der Waals surface area contributed by atoms with Gasteiger partial charge in [-0.05, 0) is 17.7 Å². The van der Waals surface area contributed by atoms with Crippen molar-refractivity contribution in [1.29, 1.82) is 0 Å². The Bertz CT molecular complexity index is 424. The van der Waals surface area contributed by atoms with E-state index in [-0.39, 0.29) is 22.2 Å². The van der Waals surface area contributed by atoms with Gasteiger partial charge in [-0.2, -0.15) is 0 Å². The summed E-state index contributed by atoms with van der Waals surface area (Å²) < 4.78 is 4.45. The van der Waals surface area contributed by atoms with Gasteiger partial charge in [0.05, 0.1) is 18.5 Å². The lowest BCUT2D eigenvalue weighted by Gasteiger charge is -2.03. The maximum Gasteiger partial charge on any atom is 0.309 e. The fourth-order valence-electron chi connectivity index (χ4n) is 1.13. The molecule has 0 radical (unpaired) electrons. The zero-order valence-electron chi connectivity index (χ0n) is 8.20. The highest BCUT2D eigenvalue weighted by molar-refractivity contribution is 6.38. The third-order valence-corrected chi connectivity index (χ3v) is 2.41. The summed E-state index contributed by atoms with van der Waals surface area (Å²) in [5.74, 6) is -0.471. The van der Waals surface area contributed by atoms with Crippen LogP contribution in [0.5, 0.6) is 0 Å². The Balaban J connectivity index is 3.10. The molecular formula is C9H7Cl2NO4. The molecular weight excluding hydrogens is 257 g/mol. The number of hydrogen-bond acceptors (Lipinski definition) is 4. The van der Waals surface area contributed by atoms with Crippen molar-refractivity contribution in [3.8, 4) is 0 Å². The molecule has 0 unspecified atom stereocenters. The Kier molecular flexibility index (Phi) is 4.09. The molecule has 5 nitrogen and oxygen atoms in total. The zero-order chi connectivity index (χ0) is 12.3. The van der Waals surface area contributed by atoms with Crippen molar-refractivity contribution >= 4 is 34.9 Å². The van der Waals surface area contributed by atoms with Crippen molar-refractivity contribution in [2.75, 3.05) is 7.11 Å². The minimum atomic E-state index is -0.674. The van der Waals surface area contributed by atoms with Gasteiger partial charge in [0.2, 0.25) is 0 Å². The van der Waals surface area contributed by atoms with Gasteiger partial charge in [0, 0.05) is 0 Å². The van der Waals surface area contributed by atoms with E-state index in [0.29, 0.717) is 5.56 Å². The quantitative estimate of drug-likeness (QED) is 0.478. The highest BCUT2D eigenvalue weighted by atomic mass is 35.5. The number of rotatable bonds is 3. The normalized spacial score (nSPS) is 9.94. The third-order valence-electron chi connectivity index (χ3n) is 1.84. The fraction of sp³-hybridized carbons (Fsp3) is 0.222. The van der Waals surface area contributed by atoms with Crippen LogP contribution in [0.2, 0.25) is 10.0 Å². The largest absolute Gasteiger partial charge is 0.469 e. The van der Waals surface area contributed by atoms with Crippen LogP contribution in [-0.2, 0) is 16.0 Å². The molecule has 1 aromatic rings. The van der Waals surface area contributed by atoms with Crippen molar-refractivity contribution in [2.45, 2.75) is 6.42 Å².